The van der Waals surface area contributed by atoms with Gasteiger partial charge in [0.25, 0.3) is 0 Å². The third kappa shape index (κ3) is 4.24. The number of rotatable bonds is 6. The van der Waals surface area contributed by atoms with E-state index in [1.165, 1.54) is 11.9 Å². The Balaban J connectivity index is 1.47. The van der Waals surface area contributed by atoms with Gasteiger partial charge in [0.15, 0.2) is 11.5 Å². The second-order valence-corrected chi connectivity index (χ2v) is 7.42. The summed E-state index contributed by atoms with van der Waals surface area (Å²) >= 11 is 6.13. The lowest BCUT2D eigenvalue weighted by atomic mass is 9.99. The highest BCUT2D eigenvalue weighted by Gasteiger charge is 2.21. The van der Waals surface area contributed by atoms with Crippen LogP contribution >= 0.6 is 11.6 Å². The number of aromatic nitrogens is 3. The first-order valence-corrected chi connectivity index (χ1v) is 9.85. The molecule has 2 heterocycles. The predicted molar refractivity (Wildman–Crippen MR) is 114 cm³/mol. The number of anilines is 1. The molecule has 0 saturated heterocycles. The summed E-state index contributed by atoms with van der Waals surface area (Å²) in [5.74, 6) is 1.30. The van der Waals surface area contributed by atoms with Crippen LogP contribution in [0.5, 0.6) is 11.5 Å². The van der Waals surface area contributed by atoms with Gasteiger partial charge in [-0.2, -0.15) is 5.10 Å². The number of halogens is 1. The average Bonchev–Trinajstić information content (AvgIpc) is 3.27. The highest BCUT2D eigenvalue weighted by atomic mass is 35.5. The molecule has 0 bridgehead atoms. The summed E-state index contributed by atoms with van der Waals surface area (Å²) in [4.78, 5) is 18.8. The lowest BCUT2D eigenvalue weighted by Gasteiger charge is -2.29. The van der Waals surface area contributed by atoms with Crippen molar-refractivity contribution >= 4 is 23.2 Å². The SMILES string of the molecule is COc1cc2c(cc1OC)CN(CC(=O)Nc1cc(Cl)ccc1-n1cncn1)CC2. The van der Waals surface area contributed by atoms with Crippen LogP contribution in [0.25, 0.3) is 5.69 Å². The number of carbonyl (C=O) groups excluding carboxylic acids is 1. The molecule has 0 radical (unpaired) electrons. The summed E-state index contributed by atoms with van der Waals surface area (Å²) in [7, 11) is 3.25. The topological polar surface area (TPSA) is 81.5 Å². The van der Waals surface area contributed by atoms with E-state index in [0.717, 1.165) is 24.3 Å². The molecule has 1 aromatic heterocycles. The number of carbonyl (C=O) groups is 1. The van der Waals surface area contributed by atoms with Gasteiger partial charge in [-0.15, -0.1) is 0 Å². The van der Waals surface area contributed by atoms with Gasteiger partial charge in [-0.05, 0) is 47.9 Å². The summed E-state index contributed by atoms with van der Waals surface area (Å²) in [6.45, 7) is 1.70. The van der Waals surface area contributed by atoms with E-state index in [0.29, 0.717) is 28.7 Å². The Bertz CT molecular complexity index is 1060. The molecular formula is C21H22ClN5O3. The summed E-state index contributed by atoms with van der Waals surface area (Å²) < 4.78 is 12.4. The number of benzene rings is 2. The maximum absolute atomic E-state index is 12.8. The molecule has 0 fully saturated rings. The van der Waals surface area contributed by atoms with E-state index in [2.05, 4.69) is 20.3 Å². The van der Waals surface area contributed by atoms with Gasteiger partial charge in [-0.1, -0.05) is 11.6 Å². The molecule has 8 nitrogen and oxygen atoms in total. The van der Waals surface area contributed by atoms with Crippen LogP contribution in [-0.2, 0) is 17.8 Å². The molecule has 0 saturated carbocycles. The number of amides is 1. The van der Waals surface area contributed by atoms with Gasteiger partial charge in [-0.3, -0.25) is 9.69 Å². The van der Waals surface area contributed by atoms with Crippen LogP contribution in [0, 0.1) is 0 Å². The molecule has 9 heteroatoms. The minimum Gasteiger partial charge on any atom is -0.493 e. The normalized spacial score (nSPS) is 13.6. The van der Waals surface area contributed by atoms with Gasteiger partial charge in [0, 0.05) is 18.1 Å². The number of nitrogens with one attached hydrogen (secondary N) is 1. The summed E-state index contributed by atoms with van der Waals surface area (Å²) in [5, 5.41) is 7.62. The summed E-state index contributed by atoms with van der Waals surface area (Å²) in [5.41, 5.74) is 3.64. The van der Waals surface area contributed by atoms with Crippen molar-refractivity contribution in [2.45, 2.75) is 13.0 Å². The zero-order valence-electron chi connectivity index (χ0n) is 16.8. The maximum Gasteiger partial charge on any atom is 0.238 e. The van der Waals surface area contributed by atoms with Gasteiger partial charge >= 0.3 is 0 Å². The minimum atomic E-state index is -0.123. The van der Waals surface area contributed by atoms with E-state index >= 15 is 0 Å². The smallest absolute Gasteiger partial charge is 0.238 e. The zero-order valence-corrected chi connectivity index (χ0v) is 17.5. The standard InChI is InChI=1S/C21H22ClN5O3/c1-29-19-7-14-5-6-26(10-15(14)8-20(19)30-2)11-21(28)25-17-9-16(22)3-4-18(17)27-13-23-12-24-27/h3-4,7-9,12-13H,5-6,10-11H2,1-2H3,(H,25,28). The van der Waals surface area contributed by atoms with Crippen LogP contribution in [0.3, 0.4) is 0 Å². The number of hydrogen-bond donors (Lipinski definition) is 1. The van der Waals surface area contributed by atoms with Crippen LogP contribution in [0.15, 0.2) is 43.0 Å². The number of ether oxygens (including phenoxy) is 2. The molecular weight excluding hydrogens is 406 g/mol. The number of hydrogen-bond acceptors (Lipinski definition) is 6. The van der Waals surface area contributed by atoms with Crippen molar-refractivity contribution < 1.29 is 14.3 Å². The van der Waals surface area contributed by atoms with Gasteiger partial charge < -0.3 is 14.8 Å². The Kier molecular flexibility index (Phi) is 5.87. The quantitative estimate of drug-likeness (QED) is 0.651. The van der Waals surface area contributed by atoms with Crippen molar-refractivity contribution in [3.63, 3.8) is 0 Å². The van der Waals surface area contributed by atoms with Crippen LogP contribution in [-0.4, -0.2) is 52.9 Å². The fraction of sp³-hybridized carbons (Fsp3) is 0.286. The van der Waals surface area contributed by atoms with Crippen LogP contribution < -0.4 is 14.8 Å². The Hall–Kier alpha value is -3.10. The Morgan fingerprint density at radius 3 is 2.63 bits per heavy atom. The van der Waals surface area contributed by atoms with Crippen molar-refractivity contribution in [2.24, 2.45) is 0 Å². The molecule has 156 valence electrons. The third-order valence-corrected chi connectivity index (χ3v) is 5.30. The van der Waals surface area contributed by atoms with E-state index in [1.807, 2.05) is 12.1 Å². The number of fused-ring (bicyclic) bond motifs is 1. The van der Waals surface area contributed by atoms with Crippen LogP contribution in [0.2, 0.25) is 5.02 Å². The van der Waals surface area contributed by atoms with Gasteiger partial charge in [-0.25, -0.2) is 9.67 Å². The zero-order chi connectivity index (χ0) is 21.1. The van der Waals surface area contributed by atoms with Crippen molar-refractivity contribution in [1.82, 2.24) is 19.7 Å². The molecule has 1 N–H and O–H groups in total. The van der Waals surface area contributed by atoms with E-state index in [-0.39, 0.29) is 12.5 Å². The maximum atomic E-state index is 12.8. The largest absolute Gasteiger partial charge is 0.493 e. The lowest BCUT2D eigenvalue weighted by molar-refractivity contribution is -0.117. The molecule has 1 aliphatic rings. The first-order valence-electron chi connectivity index (χ1n) is 9.48. The summed E-state index contributed by atoms with van der Waals surface area (Å²) in [6.07, 6.45) is 3.85. The monoisotopic (exact) mass is 427 g/mol. The first kappa shape index (κ1) is 20.2. The Morgan fingerprint density at radius 2 is 1.93 bits per heavy atom. The molecule has 0 aliphatic carbocycles. The average molecular weight is 428 g/mol. The van der Waals surface area contributed by atoms with E-state index < -0.39 is 0 Å². The second-order valence-electron chi connectivity index (χ2n) is 6.99. The molecule has 1 aliphatic heterocycles. The highest BCUT2D eigenvalue weighted by Crippen LogP contribution is 2.33. The number of methoxy groups -OCH3 is 2. The lowest BCUT2D eigenvalue weighted by Crippen LogP contribution is -2.37. The predicted octanol–water partition coefficient (Wildman–Crippen LogP) is 2.93. The van der Waals surface area contributed by atoms with Gasteiger partial charge in [0.05, 0.1) is 32.1 Å². The molecule has 0 atom stereocenters. The highest BCUT2D eigenvalue weighted by molar-refractivity contribution is 6.31. The van der Waals surface area contributed by atoms with Gasteiger partial charge in [0.2, 0.25) is 5.91 Å². The summed E-state index contributed by atoms with van der Waals surface area (Å²) in [6, 6.07) is 9.25. The Labute approximate surface area is 179 Å². The second kappa shape index (κ2) is 8.73. The first-order chi connectivity index (χ1) is 14.6. The van der Waals surface area contributed by atoms with Crippen molar-refractivity contribution in [3.8, 4) is 17.2 Å². The van der Waals surface area contributed by atoms with Crippen molar-refractivity contribution in [1.29, 1.82) is 0 Å². The molecule has 4 rings (SSSR count). The fourth-order valence-corrected chi connectivity index (χ4v) is 3.78. The fourth-order valence-electron chi connectivity index (χ4n) is 3.61. The van der Waals surface area contributed by atoms with Crippen LogP contribution in [0.4, 0.5) is 5.69 Å². The van der Waals surface area contributed by atoms with Crippen molar-refractivity contribution in [2.75, 3.05) is 32.6 Å². The van der Waals surface area contributed by atoms with Crippen LogP contribution in [0.1, 0.15) is 11.1 Å². The molecule has 2 aromatic carbocycles. The van der Waals surface area contributed by atoms with E-state index in [4.69, 9.17) is 21.1 Å². The molecule has 30 heavy (non-hydrogen) atoms. The molecule has 3 aromatic rings. The number of nitrogens with zero attached hydrogens (tertiary/aromatic N) is 4. The minimum absolute atomic E-state index is 0.123. The van der Waals surface area contributed by atoms with E-state index in [9.17, 15) is 4.79 Å². The Morgan fingerprint density at radius 1 is 1.17 bits per heavy atom. The third-order valence-electron chi connectivity index (χ3n) is 5.06. The molecule has 1 amide bonds. The molecule has 0 unspecified atom stereocenters. The van der Waals surface area contributed by atoms with Gasteiger partial charge in [0.1, 0.15) is 12.7 Å². The van der Waals surface area contributed by atoms with E-state index in [1.54, 1.807) is 43.4 Å². The molecule has 0 spiro atoms. The van der Waals surface area contributed by atoms with Crippen molar-refractivity contribution in [3.05, 3.63) is 59.1 Å².